The first-order valence-corrected chi connectivity index (χ1v) is 12.3. The van der Waals surface area contributed by atoms with Gasteiger partial charge in [-0.3, -0.25) is 9.69 Å². The van der Waals surface area contributed by atoms with E-state index in [4.69, 9.17) is 4.42 Å². The number of carbonyl (C=O) groups excluding carboxylic acids is 2. The van der Waals surface area contributed by atoms with Crippen LogP contribution in [0.2, 0.25) is 0 Å². The predicted octanol–water partition coefficient (Wildman–Crippen LogP) is 5.97. The monoisotopic (exact) mass is 530 g/mol. The number of rotatable bonds is 5. The molecule has 3 amide bonds. The highest BCUT2D eigenvalue weighted by molar-refractivity contribution is 9.10. The molecule has 0 radical (unpaired) electrons. The summed E-state index contributed by atoms with van der Waals surface area (Å²) in [5, 5.41) is 2.95. The number of hydrogen-bond donors (Lipinski definition) is 1. The summed E-state index contributed by atoms with van der Waals surface area (Å²) < 4.78 is 8.75. The molecule has 3 heterocycles. The molecule has 35 heavy (non-hydrogen) atoms. The van der Waals surface area contributed by atoms with Gasteiger partial charge in [-0.05, 0) is 67.4 Å². The maximum atomic E-state index is 14.0. The van der Waals surface area contributed by atoms with Crippen molar-refractivity contribution < 1.29 is 14.0 Å². The maximum absolute atomic E-state index is 14.0. The number of urea groups is 1. The molecule has 0 spiro atoms. The highest BCUT2D eigenvalue weighted by Crippen LogP contribution is 2.42. The molecule has 2 aromatic carbocycles. The molecular weight excluding hydrogens is 508 g/mol. The molecule has 2 aliphatic rings. The first kappa shape index (κ1) is 21.7. The quantitative estimate of drug-likeness (QED) is 0.345. The summed E-state index contributed by atoms with van der Waals surface area (Å²) in [6.07, 6.45) is 5.39. The fourth-order valence-electron chi connectivity index (χ4n) is 4.71. The van der Waals surface area contributed by atoms with Crippen molar-refractivity contribution in [1.82, 2.24) is 9.47 Å². The lowest BCUT2D eigenvalue weighted by atomic mass is 10.0. The molecular formula is C27H23BrN4O3. The van der Waals surface area contributed by atoms with Crippen LogP contribution >= 0.6 is 15.9 Å². The fourth-order valence-corrected chi connectivity index (χ4v) is 5.11. The van der Waals surface area contributed by atoms with Gasteiger partial charge in [0, 0.05) is 22.4 Å². The first-order chi connectivity index (χ1) is 17.1. The summed E-state index contributed by atoms with van der Waals surface area (Å²) >= 11 is 3.44. The number of benzene rings is 2. The maximum Gasteiger partial charge on any atom is 0.322 e. The normalized spacial score (nSPS) is 16.4. The molecule has 2 aromatic heterocycles. The molecule has 1 aliphatic heterocycles. The van der Waals surface area contributed by atoms with E-state index in [9.17, 15) is 9.59 Å². The number of amides is 3. The highest BCUT2D eigenvalue weighted by atomic mass is 79.9. The number of furan rings is 1. The van der Waals surface area contributed by atoms with Crippen molar-refractivity contribution in [2.45, 2.75) is 24.9 Å². The zero-order valence-corrected chi connectivity index (χ0v) is 20.4. The summed E-state index contributed by atoms with van der Waals surface area (Å²) in [6.45, 7) is -0.0310. The minimum Gasteiger partial charge on any atom is -0.467 e. The Morgan fingerprint density at radius 3 is 2.57 bits per heavy atom. The second-order valence-electron chi connectivity index (χ2n) is 8.77. The van der Waals surface area contributed by atoms with Crippen LogP contribution in [-0.2, 0) is 4.79 Å². The van der Waals surface area contributed by atoms with Gasteiger partial charge >= 0.3 is 6.03 Å². The second-order valence-corrected chi connectivity index (χ2v) is 9.69. The van der Waals surface area contributed by atoms with Crippen molar-refractivity contribution >= 4 is 39.2 Å². The SMILES string of the molecule is O=C(Nc1cccc(Br)c1)N(CC(=O)N1c2ccccc2-n2cccc2C1c1ccco1)C1CC1. The number of nitrogens with zero attached hydrogens (tertiary/aromatic N) is 3. The van der Waals surface area contributed by atoms with Crippen LogP contribution in [0.25, 0.3) is 5.69 Å². The standard InChI is InChI=1S/C27H23BrN4O3/c28-18-6-3-7-19(16-18)29-27(34)31(20-12-13-20)17-25(33)32-22-9-2-1-8-21(22)30-14-4-10-23(30)26(32)24-11-5-15-35-24/h1-11,14-16,20,26H,12-13,17H2,(H,29,34). The van der Waals surface area contributed by atoms with Crippen molar-refractivity contribution in [3.63, 3.8) is 0 Å². The third-order valence-electron chi connectivity index (χ3n) is 6.43. The van der Waals surface area contributed by atoms with E-state index in [1.165, 1.54) is 0 Å². The van der Waals surface area contributed by atoms with Gasteiger partial charge in [0.1, 0.15) is 18.3 Å². The molecule has 4 aromatic rings. The second kappa shape index (κ2) is 8.78. The number of carbonyl (C=O) groups is 2. The lowest BCUT2D eigenvalue weighted by Gasteiger charge is -2.38. The summed E-state index contributed by atoms with van der Waals surface area (Å²) in [7, 11) is 0. The average molecular weight is 531 g/mol. The predicted molar refractivity (Wildman–Crippen MR) is 137 cm³/mol. The summed E-state index contributed by atoms with van der Waals surface area (Å²) in [4.78, 5) is 30.7. The van der Waals surface area contributed by atoms with Crippen molar-refractivity contribution in [2.24, 2.45) is 0 Å². The summed E-state index contributed by atoms with van der Waals surface area (Å²) in [5.74, 6) is 0.506. The summed E-state index contributed by atoms with van der Waals surface area (Å²) in [5.41, 5.74) is 3.31. The van der Waals surface area contributed by atoms with Crippen LogP contribution in [0.3, 0.4) is 0 Å². The Kier molecular flexibility index (Phi) is 5.45. The Hall–Kier alpha value is -3.78. The van der Waals surface area contributed by atoms with Gasteiger partial charge in [-0.25, -0.2) is 4.79 Å². The van der Waals surface area contributed by atoms with Gasteiger partial charge in [0.2, 0.25) is 5.91 Å². The van der Waals surface area contributed by atoms with E-state index in [2.05, 4.69) is 25.8 Å². The Labute approximate surface area is 211 Å². The Morgan fingerprint density at radius 2 is 1.83 bits per heavy atom. The van der Waals surface area contributed by atoms with Gasteiger partial charge in [0.25, 0.3) is 0 Å². The van der Waals surface area contributed by atoms with E-state index in [0.717, 1.165) is 34.4 Å². The Bertz CT molecular complexity index is 1390. The van der Waals surface area contributed by atoms with E-state index >= 15 is 0 Å². The molecule has 6 rings (SSSR count). The van der Waals surface area contributed by atoms with E-state index in [1.54, 1.807) is 16.1 Å². The number of fused-ring (bicyclic) bond motifs is 3. The number of aromatic nitrogens is 1. The number of anilines is 2. The van der Waals surface area contributed by atoms with E-state index < -0.39 is 6.04 Å². The molecule has 1 aliphatic carbocycles. The Balaban J connectivity index is 1.34. The highest BCUT2D eigenvalue weighted by Gasteiger charge is 2.40. The van der Waals surface area contributed by atoms with Gasteiger partial charge in [-0.15, -0.1) is 0 Å². The number of nitrogens with one attached hydrogen (secondary N) is 1. The lowest BCUT2D eigenvalue weighted by molar-refractivity contribution is -0.119. The molecule has 1 fully saturated rings. The van der Waals surface area contributed by atoms with Crippen molar-refractivity contribution in [3.05, 3.63) is 101 Å². The molecule has 1 atom stereocenters. The minimum atomic E-state index is -0.434. The molecule has 0 bridgehead atoms. The number of hydrogen-bond acceptors (Lipinski definition) is 3. The summed E-state index contributed by atoms with van der Waals surface area (Å²) in [6, 6.07) is 22.3. The molecule has 1 unspecified atom stereocenters. The van der Waals surface area contributed by atoms with Crippen LogP contribution in [0.4, 0.5) is 16.2 Å². The van der Waals surface area contributed by atoms with Gasteiger partial charge in [0.05, 0.1) is 23.3 Å². The van der Waals surface area contributed by atoms with E-state index in [-0.39, 0.29) is 24.5 Å². The zero-order valence-electron chi connectivity index (χ0n) is 18.8. The third kappa shape index (κ3) is 4.04. The molecule has 7 nitrogen and oxygen atoms in total. The molecule has 1 N–H and O–H groups in total. The van der Waals surface area contributed by atoms with Crippen LogP contribution in [-0.4, -0.2) is 34.0 Å². The van der Waals surface area contributed by atoms with Gasteiger partial charge in [0.15, 0.2) is 0 Å². The Morgan fingerprint density at radius 1 is 1.00 bits per heavy atom. The van der Waals surface area contributed by atoms with Crippen molar-refractivity contribution in [2.75, 3.05) is 16.8 Å². The third-order valence-corrected chi connectivity index (χ3v) is 6.92. The fraction of sp³-hybridized carbons (Fsp3) is 0.185. The van der Waals surface area contributed by atoms with Gasteiger partial charge in [-0.2, -0.15) is 0 Å². The topological polar surface area (TPSA) is 70.7 Å². The molecule has 176 valence electrons. The molecule has 0 saturated heterocycles. The van der Waals surface area contributed by atoms with Crippen molar-refractivity contribution in [3.8, 4) is 5.69 Å². The molecule has 1 saturated carbocycles. The number of halogens is 1. The number of para-hydroxylation sites is 2. The van der Waals surface area contributed by atoms with Gasteiger partial charge in [-0.1, -0.05) is 34.1 Å². The van der Waals surface area contributed by atoms with E-state index in [1.807, 2.05) is 79.0 Å². The smallest absolute Gasteiger partial charge is 0.322 e. The van der Waals surface area contributed by atoms with Crippen LogP contribution in [0.5, 0.6) is 0 Å². The first-order valence-electron chi connectivity index (χ1n) is 11.6. The molecule has 8 heteroatoms. The minimum absolute atomic E-state index is 0.0310. The zero-order chi connectivity index (χ0) is 23.9. The van der Waals surface area contributed by atoms with Crippen molar-refractivity contribution in [1.29, 1.82) is 0 Å². The van der Waals surface area contributed by atoms with Crippen LogP contribution in [0, 0.1) is 0 Å². The van der Waals surface area contributed by atoms with Crippen LogP contribution < -0.4 is 10.2 Å². The van der Waals surface area contributed by atoms with Crippen LogP contribution in [0.15, 0.2) is 94.1 Å². The van der Waals surface area contributed by atoms with Crippen LogP contribution in [0.1, 0.15) is 30.3 Å². The average Bonchev–Trinajstić information content (AvgIpc) is 3.32. The van der Waals surface area contributed by atoms with Gasteiger partial charge < -0.3 is 19.2 Å². The lowest BCUT2D eigenvalue weighted by Crippen LogP contribution is -2.48. The van der Waals surface area contributed by atoms with E-state index in [0.29, 0.717) is 11.4 Å². The largest absolute Gasteiger partial charge is 0.467 e.